The van der Waals surface area contributed by atoms with Gasteiger partial charge >= 0.3 is 0 Å². The number of nitrogens with one attached hydrogen (secondary N) is 1. The van der Waals surface area contributed by atoms with Crippen molar-refractivity contribution in [2.45, 2.75) is 32.3 Å². The van der Waals surface area contributed by atoms with Crippen LogP contribution in [0.4, 0.5) is 0 Å². The summed E-state index contributed by atoms with van der Waals surface area (Å²) in [7, 11) is 1.92. The lowest BCUT2D eigenvalue weighted by Crippen LogP contribution is -2.32. The Bertz CT molecular complexity index is 360. The van der Waals surface area contributed by atoms with E-state index in [0.717, 1.165) is 38.2 Å². The summed E-state index contributed by atoms with van der Waals surface area (Å²) >= 11 is 0. The van der Waals surface area contributed by atoms with Crippen LogP contribution in [0, 0.1) is 0 Å². The Hall–Kier alpha value is -1.02. The third kappa shape index (κ3) is 8.77. The molecule has 0 bridgehead atoms. The number of hydrogen-bond donors (Lipinski definition) is 2. The molecule has 0 spiro atoms. The lowest BCUT2D eigenvalue weighted by atomic mass is 10.3. The predicted molar refractivity (Wildman–Crippen MR) is 80.1 cm³/mol. The zero-order chi connectivity index (χ0) is 15.3. The molecule has 1 atom stereocenters. The Morgan fingerprint density at radius 2 is 2.14 bits per heavy atom. The van der Waals surface area contributed by atoms with Crippen molar-refractivity contribution < 1.29 is 14.6 Å². The normalized spacial score (nSPS) is 12.7. The van der Waals surface area contributed by atoms with Crippen LogP contribution < -0.4 is 5.32 Å². The number of aryl methyl sites for hydroxylation is 1. The predicted octanol–water partition coefficient (Wildman–Crippen LogP) is 0.141. The molecule has 21 heavy (non-hydrogen) atoms. The fourth-order valence-corrected chi connectivity index (χ4v) is 1.75. The summed E-state index contributed by atoms with van der Waals surface area (Å²) in [6.45, 7) is 5.62. The van der Waals surface area contributed by atoms with E-state index in [1.54, 1.807) is 6.33 Å². The van der Waals surface area contributed by atoms with Gasteiger partial charge in [-0.15, -0.1) is 10.2 Å². The molecule has 1 aromatic heterocycles. The quantitative estimate of drug-likeness (QED) is 0.504. The van der Waals surface area contributed by atoms with Gasteiger partial charge in [-0.1, -0.05) is 13.3 Å². The molecule has 7 heteroatoms. The van der Waals surface area contributed by atoms with Crippen LogP contribution in [0.25, 0.3) is 0 Å². The van der Waals surface area contributed by atoms with E-state index in [-0.39, 0.29) is 0 Å². The zero-order valence-electron chi connectivity index (χ0n) is 13.1. The molecule has 0 aromatic carbocycles. The number of unbranched alkanes of at least 4 members (excludes halogenated alkanes) is 1. The van der Waals surface area contributed by atoms with E-state index in [0.29, 0.717) is 26.4 Å². The Morgan fingerprint density at radius 1 is 1.33 bits per heavy atom. The van der Waals surface area contributed by atoms with E-state index in [2.05, 4.69) is 22.4 Å². The van der Waals surface area contributed by atoms with Crippen molar-refractivity contribution in [3.63, 3.8) is 0 Å². The number of nitrogens with zero attached hydrogens (tertiary/aromatic N) is 3. The molecular formula is C14H28N4O3. The maximum Gasteiger partial charge on any atom is 0.133 e. The molecule has 0 aliphatic rings. The van der Waals surface area contributed by atoms with Gasteiger partial charge in [0.2, 0.25) is 0 Å². The van der Waals surface area contributed by atoms with Crippen LogP contribution in [0.1, 0.15) is 25.6 Å². The molecule has 122 valence electrons. The number of hydrogen-bond acceptors (Lipinski definition) is 6. The van der Waals surface area contributed by atoms with E-state index in [9.17, 15) is 5.11 Å². The maximum atomic E-state index is 9.74. The highest BCUT2D eigenvalue weighted by atomic mass is 16.5. The summed E-state index contributed by atoms with van der Waals surface area (Å²) < 4.78 is 12.6. The third-order valence-electron chi connectivity index (χ3n) is 3.03. The van der Waals surface area contributed by atoms with Crippen molar-refractivity contribution in [3.05, 3.63) is 12.2 Å². The molecule has 0 saturated carbocycles. The molecule has 1 heterocycles. The maximum absolute atomic E-state index is 9.74. The van der Waals surface area contributed by atoms with Gasteiger partial charge < -0.3 is 24.5 Å². The standard InChI is InChI=1S/C14H28N4O3/c1-3-4-7-20-8-9-21-11-13(19)10-15-6-5-14-17-16-12-18(14)2/h12-13,15,19H,3-11H2,1-2H3. The summed E-state index contributed by atoms with van der Waals surface area (Å²) in [5.74, 6) is 0.928. The van der Waals surface area contributed by atoms with Gasteiger partial charge in [-0.25, -0.2) is 0 Å². The highest BCUT2D eigenvalue weighted by Crippen LogP contribution is 1.92. The molecule has 0 aliphatic carbocycles. The third-order valence-corrected chi connectivity index (χ3v) is 3.03. The molecule has 7 nitrogen and oxygen atoms in total. The minimum Gasteiger partial charge on any atom is -0.389 e. The van der Waals surface area contributed by atoms with Gasteiger partial charge in [0.1, 0.15) is 12.2 Å². The van der Waals surface area contributed by atoms with Crippen molar-refractivity contribution >= 4 is 0 Å². The lowest BCUT2D eigenvalue weighted by molar-refractivity contribution is 0.00400. The average Bonchev–Trinajstić information content (AvgIpc) is 2.88. The Labute approximate surface area is 126 Å². The van der Waals surface area contributed by atoms with Crippen LogP contribution in [0.5, 0.6) is 0 Å². The van der Waals surface area contributed by atoms with Crippen molar-refractivity contribution in [3.8, 4) is 0 Å². The first-order chi connectivity index (χ1) is 10.2. The van der Waals surface area contributed by atoms with Crippen LogP contribution >= 0.6 is 0 Å². The van der Waals surface area contributed by atoms with Crippen LogP contribution in [0.2, 0.25) is 0 Å². The first kappa shape index (κ1) is 18.0. The minimum absolute atomic E-state index is 0.327. The van der Waals surface area contributed by atoms with Crippen molar-refractivity contribution in [2.75, 3.05) is 39.5 Å². The molecule has 0 saturated heterocycles. The Balaban J connectivity index is 1.89. The van der Waals surface area contributed by atoms with E-state index < -0.39 is 6.10 Å². The first-order valence-electron chi connectivity index (χ1n) is 7.61. The van der Waals surface area contributed by atoms with Crippen LogP contribution in [0.3, 0.4) is 0 Å². The van der Waals surface area contributed by atoms with E-state index in [1.807, 2.05) is 11.6 Å². The number of ether oxygens (including phenoxy) is 2. The molecule has 1 aromatic rings. The summed E-state index contributed by atoms with van der Waals surface area (Å²) in [4.78, 5) is 0. The van der Waals surface area contributed by atoms with Crippen molar-refractivity contribution in [1.29, 1.82) is 0 Å². The Kier molecular flexibility index (Phi) is 9.98. The van der Waals surface area contributed by atoms with Crippen molar-refractivity contribution in [2.24, 2.45) is 7.05 Å². The fraction of sp³-hybridized carbons (Fsp3) is 0.857. The molecule has 1 unspecified atom stereocenters. The summed E-state index contributed by atoms with van der Waals surface area (Å²) in [6, 6.07) is 0. The number of rotatable bonds is 13. The molecule has 0 aliphatic heterocycles. The highest BCUT2D eigenvalue weighted by Gasteiger charge is 2.05. The molecule has 2 N–H and O–H groups in total. The van der Waals surface area contributed by atoms with Gasteiger partial charge in [0.25, 0.3) is 0 Å². The van der Waals surface area contributed by atoms with Gasteiger partial charge in [-0.3, -0.25) is 0 Å². The van der Waals surface area contributed by atoms with Gasteiger partial charge in [0, 0.05) is 33.2 Å². The second-order valence-electron chi connectivity index (χ2n) is 5.01. The van der Waals surface area contributed by atoms with E-state index in [4.69, 9.17) is 9.47 Å². The zero-order valence-corrected chi connectivity index (χ0v) is 13.1. The average molecular weight is 300 g/mol. The molecule has 0 radical (unpaired) electrons. The van der Waals surface area contributed by atoms with Gasteiger partial charge in [0.05, 0.1) is 25.9 Å². The Morgan fingerprint density at radius 3 is 2.86 bits per heavy atom. The fourth-order valence-electron chi connectivity index (χ4n) is 1.75. The van der Waals surface area contributed by atoms with Crippen LogP contribution in [-0.4, -0.2) is 65.5 Å². The topological polar surface area (TPSA) is 81.4 Å². The van der Waals surface area contributed by atoms with Crippen LogP contribution in [0.15, 0.2) is 6.33 Å². The van der Waals surface area contributed by atoms with Gasteiger partial charge in [-0.05, 0) is 6.42 Å². The second kappa shape index (κ2) is 11.6. The summed E-state index contributed by atoms with van der Waals surface area (Å²) in [6.07, 6.45) is 4.19. The lowest BCUT2D eigenvalue weighted by Gasteiger charge is -2.12. The second-order valence-corrected chi connectivity index (χ2v) is 5.01. The summed E-state index contributed by atoms with van der Waals surface area (Å²) in [5.41, 5.74) is 0. The van der Waals surface area contributed by atoms with Crippen molar-refractivity contribution in [1.82, 2.24) is 20.1 Å². The van der Waals surface area contributed by atoms with E-state index >= 15 is 0 Å². The molecule has 0 fully saturated rings. The number of aliphatic hydroxyl groups is 1. The molecular weight excluding hydrogens is 272 g/mol. The number of aromatic nitrogens is 3. The first-order valence-corrected chi connectivity index (χ1v) is 7.61. The monoisotopic (exact) mass is 300 g/mol. The minimum atomic E-state index is -0.500. The largest absolute Gasteiger partial charge is 0.389 e. The van der Waals surface area contributed by atoms with Gasteiger partial charge in [0.15, 0.2) is 0 Å². The molecule has 1 rings (SSSR count). The van der Waals surface area contributed by atoms with Crippen LogP contribution in [-0.2, 0) is 22.9 Å². The van der Waals surface area contributed by atoms with Gasteiger partial charge in [-0.2, -0.15) is 0 Å². The summed E-state index contributed by atoms with van der Waals surface area (Å²) in [5, 5.41) is 20.7. The SMILES string of the molecule is CCCCOCCOCC(O)CNCCc1nncn1C. The highest BCUT2D eigenvalue weighted by molar-refractivity contribution is 4.84. The number of aliphatic hydroxyl groups excluding tert-OH is 1. The molecule has 0 amide bonds. The van der Waals surface area contributed by atoms with E-state index in [1.165, 1.54) is 0 Å². The smallest absolute Gasteiger partial charge is 0.133 e.